The summed E-state index contributed by atoms with van der Waals surface area (Å²) < 4.78 is 12.5. The van der Waals surface area contributed by atoms with Crippen LogP contribution in [0.1, 0.15) is 5.56 Å². The predicted molar refractivity (Wildman–Crippen MR) is 46.1 cm³/mol. The second-order valence-corrected chi connectivity index (χ2v) is 2.99. The average Bonchev–Trinajstić information content (AvgIpc) is 2.13. The van der Waals surface area contributed by atoms with Crippen molar-refractivity contribution >= 4 is 5.82 Å². The van der Waals surface area contributed by atoms with Crippen LogP contribution in [0.2, 0.25) is 0 Å². The molecule has 0 N–H and O–H groups in total. The third-order valence-corrected chi connectivity index (χ3v) is 2.04. The van der Waals surface area contributed by atoms with Crippen LogP contribution in [0.5, 0.6) is 0 Å². The van der Waals surface area contributed by atoms with Crippen LogP contribution >= 0.6 is 0 Å². The number of hydrogen-bond donors (Lipinski definition) is 0. The molecule has 0 spiro atoms. The Hall–Kier alpha value is -1.63. The molecule has 1 aromatic rings. The largest absolute Gasteiger partial charge is 0.350 e. The predicted octanol–water partition coefficient (Wildman–Crippen LogP) is 1.11. The molecule has 1 saturated heterocycles. The van der Waals surface area contributed by atoms with Crippen molar-refractivity contribution < 1.29 is 4.39 Å². The summed E-state index contributed by atoms with van der Waals surface area (Å²) in [5.74, 6) is 0.596. The summed E-state index contributed by atoms with van der Waals surface area (Å²) >= 11 is 0. The fourth-order valence-electron chi connectivity index (χ4n) is 1.33. The van der Waals surface area contributed by atoms with Gasteiger partial charge in [0, 0.05) is 6.20 Å². The van der Waals surface area contributed by atoms with Crippen molar-refractivity contribution in [2.75, 3.05) is 18.0 Å². The SMILES string of the molecule is N#Cc1cccnc1N1CC(F)C1. The molecule has 1 fully saturated rings. The smallest absolute Gasteiger partial charge is 0.146 e. The molecule has 0 aliphatic carbocycles. The second kappa shape index (κ2) is 3.02. The molecule has 2 rings (SSSR count). The third-order valence-electron chi connectivity index (χ3n) is 2.04. The van der Waals surface area contributed by atoms with Gasteiger partial charge in [-0.1, -0.05) is 0 Å². The zero-order valence-electron chi connectivity index (χ0n) is 6.94. The highest BCUT2D eigenvalue weighted by molar-refractivity contribution is 5.55. The minimum atomic E-state index is -0.770. The van der Waals surface area contributed by atoms with Crippen molar-refractivity contribution in [3.63, 3.8) is 0 Å². The van der Waals surface area contributed by atoms with Gasteiger partial charge in [-0.05, 0) is 12.1 Å². The summed E-state index contributed by atoms with van der Waals surface area (Å²) in [7, 11) is 0. The first-order valence-corrected chi connectivity index (χ1v) is 4.05. The van der Waals surface area contributed by atoms with Crippen molar-refractivity contribution in [2.45, 2.75) is 6.17 Å². The van der Waals surface area contributed by atoms with Gasteiger partial charge >= 0.3 is 0 Å². The zero-order valence-corrected chi connectivity index (χ0v) is 6.94. The van der Waals surface area contributed by atoms with Gasteiger partial charge in [-0.3, -0.25) is 0 Å². The van der Waals surface area contributed by atoms with E-state index in [2.05, 4.69) is 4.98 Å². The molecular weight excluding hydrogens is 169 g/mol. The quantitative estimate of drug-likeness (QED) is 0.645. The molecule has 0 amide bonds. The van der Waals surface area contributed by atoms with E-state index in [0.29, 0.717) is 24.5 Å². The number of halogens is 1. The van der Waals surface area contributed by atoms with E-state index in [1.807, 2.05) is 6.07 Å². The molecule has 0 atom stereocenters. The molecule has 0 radical (unpaired) electrons. The molecule has 1 aliphatic rings. The average molecular weight is 177 g/mol. The van der Waals surface area contributed by atoms with E-state index in [1.54, 1.807) is 23.2 Å². The fraction of sp³-hybridized carbons (Fsp3) is 0.333. The molecular formula is C9H8FN3. The summed E-state index contributed by atoms with van der Waals surface area (Å²) in [6.45, 7) is 0.706. The van der Waals surface area contributed by atoms with Crippen LogP contribution in [-0.2, 0) is 0 Å². The second-order valence-electron chi connectivity index (χ2n) is 2.99. The van der Waals surface area contributed by atoms with Gasteiger partial charge in [-0.25, -0.2) is 9.37 Å². The first-order chi connectivity index (χ1) is 6.31. The molecule has 1 aliphatic heterocycles. The van der Waals surface area contributed by atoms with Gasteiger partial charge in [-0.15, -0.1) is 0 Å². The number of alkyl halides is 1. The van der Waals surface area contributed by atoms with Gasteiger partial charge in [-0.2, -0.15) is 5.26 Å². The molecule has 13 heavy (non-hydrogen) atoms. The number of hydrogen-bond acceptors (Lipinski definition) is 3. The third kappa shape index (κ3) is 1.33. The lowest BCUT2D eigenvalue weighted by molar-refractivity contribution is 0.273. The minimum absolute atomic E-state index is 0.353. The Morgan fingerprint density at radius 3 is 3.00 bits per heavy atom. The monoisotopic (exact) mass is 177 g/mol. The highest BCUT2D eigenvalue weighted by atomic mass is 19.1. The fourth-order valence-corrected chi connectivity index (χ4v) is 1.33. The van der Waals surface area contributed by atoms with Gasteiger partial charge in [0.05, 0.1) is 18.7 Å². The molecule has 2 heterocycles. The van der Waals surface area contributed by atoms with Crippen molar-refractivity contribution in [1.29, 1.82) is 5.26 Å². The Balaban J connectivity index is 2.26. The Morgan fingerprint density at radius 1 is 1.62 bits per heavy atom. The zero-order chi connectivity index (χ0) is 9.26. The van der Waals surface area contributed by atoms with Crippen LogP contribution in [0.15, 0.2) is 18.3 Å². The molecule has 0 unspecified atom stereocenters. The van der Waals surface area contributed by atoms with Gasteiger partial charge in [0.25, 0.3) is 0 Å². The number of rotatable bonds is 1. The van der Waals surface area contributed by atoms with E-state index in [1.165, 1.54) is 0 Å². The Morgan fingerprint density at radius 2 is 2.38 bits per heavy atom. The van der Waals surface area contributed by atoms with Gasteiger partial charge in [0.2, 0.25) is 0 Å². The van der Waals surface area contributed by atoms with Crippen molar-refractivity contribution in [3.8, 4) is 6.07 Å². The standard InChI is InChI=1S/C9H8FN3/c10-8-5-13(6-8)9-7(4-11)2-1-3-12-9/h1-3,8H,5-6H2. The maximum absolute atomic E-state index is 12.5. The molecule has 3 nitrogen and oxygen atoms in total. The van der Waals surface area contributed by atoms with E-state index in [9.17, 15) is 4.39 Å². The van der Waals surface area contributed by atoms with Crippen LogP contribution in [0.4, 0.5) is 10.2 Å². The lowest BCUT2D eigenvalue weighted by Gasteiger charge is -2.35. The van der Waals surface area contributed by atoms with Crippen molar-refractivity contribution in [2.24, 2.45) is 0 Å². The highest BCUT2D eigenvalue weighted by Crippen LogP contribution is 2.22. The lowest BCUT2D eigenvalue weighted by Crippen LogP contribution is -2.49. The van der Waals surface area contributed by atoms with E-state index in [0.717, 1.165) is 0 Å². The first kappa shape index (κ1) is 7.99. The van der Waals surface area contributed by atoms with E-state index in [4.69, 9.17) is 5.26 Å². The Labute approximate surface area is 75.4 Å². The topological polar surface area (TPSA) is 39.9 Å². The molecule has 0 bridgehead atoms. The summed E-state index contributed by atoms with van der Waals surface area (Å²) in [6.07, 6.45) is 0.843. The summed E-state index contributed by atoms with van der Waals surface area (Å²) in [5, 5.41) is 8.74. The van der Waals surface area contributed by atoms with E-state index >= 15 is 0 Å². The summed E-state index contributed by atoms with van der Waals surface area (Å²) in [4.78, 5) is 5.81. The Bertz CT molecular complexity index is 352. The van der Waals surface area contributed by atoms with Crippen LogP contribution in [0.25, 0.3) is 0 Å². The van der Waals surface area contributed by atoms with E-state index < -0.39 is 6.17 Å². The molecule has 0 saturated carbocycles. The van der Waals surface area contributed by atoms with Gasteiger partial charge in [0.15, 0.2) is 0 Å². The summed E-state index contributed by atoms with van der Waals surface area (Å²) in [6, 6.07) is 5.42. The number of nitriles is 1. The number of pyridine rings is 1. The van der Waals surface area contributed by atoms with Crippen LogP contribution in [-0.4, -0.2) is 24.2 Å². The molecule has 66 valence electrons. The van der Waals surface area contributed by atoms with Crippen LogP contribution < -0.4 is 4.90 Å². The van der Waals surface area contributed by atoms with Crippen molar-refractivity contribution in [3.05, 3.63) is 23.9 Å². The minimum Gasteiger partial charge on any atom is -0.350 e. The number of nitrogens with zero attached hydrogens (tertiary/aromatic N) is 3. The molecule has 4 heteroatoms. The lowest BCUT2D eigenvalue weighted by atomic mass is 10.1. The maximum Gasteiger partial charge on any atom is 0.146 e. The number of anilines is 1. The summed E-state index contributed by atoms with van der Waals surface area (Å²) in [5.41, 5.74) is 0.509. The van der Waals surface area contributed by atoms with Crippen LogP contribution in [0.3, 0.4) is 0 Å². The first-order valence-electron chi connectivity index (χ1n) is 4.05. The van der Waals surface area contributed by atoms with Gasteiger partial charge < -0.3 is 4.90 Å². The van der Waals surface area contributed by atoms with Gasteiger partial charge in [0.1, 0.15) is 18.1 Å². The Kier molecular flexibility index (Phi) is 1.85. The van der Waals surface area contributed by atoms with E-state index in [-0.39, 0.29) is 0 Å². The van der Waals surface area contributed by atoms with Crippen molar-refractivity contribution in [1.82, 2.24) is 4.98 Å². The number of aromatic nitrogens is 1. The normalized spacial score (nSPS) is 16.5. The van der Waals surface area contributed by atoms with Crippen LogP contribution in [0, 0.1) is 11.3 Å². The molecule has 1 aromatic heterocycles. The molecule has 0 aromatic carbocycles. The maximum atomic E-state index is 12.5. The highest BCUT2D eigenvalue weighted by Gasteiger charge is 2.28.